The first-order valence-electron chi connectivity index (χ1n) is 9.56. The third kappa shape index (κ3) is 5.79. The lowest BCUT2D eigenvalue weighted by molar-refractivity contribution is -0.118. The first-order chi connectivity index (χ1) is 16.0. The van der Waals surface area contributed by atoms with Crippen LogP contribution in [0.15, 0.2) is 76.2 Å². The van der Waals surface area contributed by atoms with Crippen molar-refractivity contribution >= 4 is 51.4 Å². The van der Waals surface area contributed by atoms with Gasteiger partial charge in [-0.2, -0.15) is 5.10 Å². The number of nitrogens with zero attached hydrogens (tertiary/aromatic N) is 2. The van der Waals surface area contributed by atoms with Gasteiger partial charge in [0.05, 0.1) is 22.2 Å². The Morgan fingerprint density at radius 2 is 1.76 bits per heavy atom. The second-order valence-corrected chi connectivity index (χ2v) is 8.84. The Morgan fingerprint density at radius 3 is 2.48 bits per heavy atom. The van der Waals surface area contributed by atoms with Crippen LogP contribution in [-0.4, -0.2) is 28.8 Å². The first kappa shape index (κ1) is 22.6. The number of fused-ring (bicyclic) bond motifs is 1. The summed E-state index contributed by atoms with van der Waals surface area (Å²) in [5.74, 6) is -3.14. The van der Waals surface area contributed by atoms with Gasteiger partial charge >= 0.3 is 5.97 Å². The molecule has 4 aromatic rings. The molecule has 10 heteroatoms. The fourth-order valence-corrected chi connectivity index (χ4v) is 4.58. The number of thioether (sulfide) groups is 1. The topological polar surface area (TPSA) is 80.7 Å². The molecule has 0 radical (unpaired) electrons. The van der Waals surface area contributed by atoms with Crippen LogP contribution in [-0.2, 0) is 4.79 Å². The zero-order chi connectivity index (χ0) is 23.2. The van der Waals surface area contributed by atoms with Crippen LogP contribution in [0, 0.1) is 11.6 Å². The molecule has 1 aromatic heterocycles. The number of esters is 1. The van der Waals surface area contributed by atoms with Gasteiger partial charge in [-0.15, -0.1) is 11.3 Å². The van der Waals surface area contributed by atoms with Crippen molar-refractivity contribution in [2.75, 3.05) is 5.75 Å². The molecule has 0 aliphatic heterocycles. The largest absolute Gasteiger partial charge is 0.423 e. The molecule has 33 heavy (non-hydrogen) atoms. The second kappa shape index (κ2) is 10.3. The number of thiazole rings is 1. The Hall–Kier alpha value is -3.63. The molecule has 0 unspecified atom stereocenters. The van der Waals surface area contributed by atoms with Crippen molar-refractivity contribution in [1.29, 1.82) is 0 Å². The molecule has 0 saturated heterocycles. The maximum absolute atomic E-state index is 13.7. The maximum atomic E-state index is 13.7. The van der Waals surface area contributed by atoms with Gasteiger partial charge in [-0.05, 0) is 54.1 Å². The number of nitrogens with one attached hydrogen (secondary N) is 1. The van der Waals surface area contributed by atoms with Crippen LogP contribution in [0.2, 0.25) is 0 Å². The maximum Gasteiger partial charge on any atom is 0.349 e. The minimum Gasteiger partial charge on any atom is -0.423 e. The number of para-hydroxylation sites is 1. The number of benzene rings is 3. The van der Waals surface area contributed by atoms with Gasteiger partial charge in [0, 0.05) is 0 Å². The quantitative estimate of drug-likeness (QED) is 0.131. The molecule has 0 fully saturated rings. The zero-order valence-electron chi connectivity index (χ0n) is 16.8. The lowest BCUT2D eigenvalue weighted by atomic mass is 10.2. The summed E-state index contributed by atoms with van der Waals surface area (Å²) in [6, 6.07) is 16.9. The molecule has 0 spiro atoms. The van der Waals surface area contributed by atoms with E-state index in [1.165, 1.54) is 41.4 Å². The number of hydrogen-bond acceptors (Lipinski definition) is 7. The Kier molecular flexibility index (Phi) is 7.06. The number of hydrogen-bond donors (Lipinski definition) is 1. The molecule has 1 amide bonds. The minimum absolute atomic E-state index is 0.107. The third-order valence-electron chi connectivity index (χ3n) is 4.26. The van der Waals surface area contributed by atoms with E-state index in [9.17, 15) is 18.4 Å². The molecule has 6 nitrogen and oxygen atoms in total. The number of ether oxygens (including phenoxy) is 1. The highest BCUT2D eigenvalue weighted by Crippen LogP contribution is 2.29. The summed E-state index contributed by atoms with van der Waals surface area (Å²) in [7, 11) is 0. The molecule has 1 N–H and O–H groups in total. The highest BCUT2D eigenvalue weighted by atomic mass is 32.2. The molecule has 0 saturated carbocycles. The highest BCUT2D eigenvalue weighted by Gasteiger charge is 2.19. The number of halogens is 2. The van der Waals surface area contributed by atoms with Crippen LogP contribution in [0.25, 0.3) is 10.2 Å². The van der Waals surface area contributed by atoms with E-state index in [-0.39, 0.29) is 17.4 Å². The van der Waals surface area contributed by atoms with E-state index in [0.717, 1.165) is 32.8 Å². The molecular formula is C23H15F2N3O3S2. The van der Waals surface area contributed by atoms with E-state index in [1.807, 2.05) is 24.3 Å². The average molecular weight is 484 g/mol. The number of carbonyl (C=O) groups is 2. The molecule has 166 valence electrons. The van der Waals surface area contributed by atoms with Gasteiger partial charge in [-0.25, -0.2) is 24.0 Å². The SMILES string of the molecule is O=C(CSc1nc2ccccc2s1)N/N=C\c1ccc(OC(=O)c2c(F)cccc2F)cc1. The fraction of sp³-hybridized carbons (Fsp3) is 0.0435. The zero-order valence-corrected chi connectivity index (χ0v) is 18.5. The van der Waals surface area contributed by atoms with Crippen molar-refractivity contribution in [3.05, 3.63) is 89.5 Å². The van der Waals surface area contributed by atoms with E-state index in [2.05, 4.69) is 15.5 Å². The number of carbonyl (C=O) groups excluding carboxylic acids is 2. The van der Waals surface area contributed by atoms with Gasteiger partial charge in [0.2, 0.25) is 0 Å². The number of amides is 1. The van der Waals surface area contributed by atoms with Crippen LogP contribution in [0.4, 0.5) is 8.78 Å². The molecular weight excluding hydrogens is 468 g/mol. The van der Waals surface area contributed by atoms with Crippen molar-refractivity contribution in [1.82, 2.24) is 10.4 Å². The molecule has 1 heterocycles. The first-order valence-corrected chi connectivity index (χ1v) is 11.4. The van der Waals surface area contributed by atoms with Gasteiger partial charge < -0.3 is 4.74 Å². The van der Waals surface area contributed by atoms with Crippen LogP contribution < -0.4 is 10.2 Å². The van der Waals surface area contributed by atoms with E-state index in [4.69, 9.17) is 4.74 Å². The summed E-state index contributed by atoms with van der Waals surface area (Å²) in [6.45, 7) is 0. The Bertz CT molecular complexity index is 1290. The standard InChI is InChI=1S/C23H15F2N3O3S2/c24-16-4-3-5-17(25)21(16)22(30)31-15-10-8-14(9-11-15)12-26-28-20(29)13-32-23-27-18-6-1-2-7-19(18)33-23/h1-12H,13H2,(H,28,29)/b26-12-. The predicted molar refractivity (Wildman–Crippen MR) is 124 cm³/mol. The lowest BCUT2D eigenvalue weighted by Gasteiger charge is -2.06. The van der Waals surface area contributed by atoms with Crippen LogP contribution in [0.1, 0.15) is 15.9 Å². The summed E-state index contributed by atoms with van der Waals surface area (Å²) in [4.78, 5) is 28.5. The summed E-state index contributed by atoms with van der Waals surface area (Å²) in [6.07, 6.45) is 1.42. The number of rotatable bonds is 7. The van der Waals surface area contributed by atoms with Crippen LogP contribution in [0.5, 0.6) is 5.75 Å². The van der Waals surface area contributed by atoms with Gasteiger partial charge in [0.15, 0.2) is 4.34 Å². The van der Waals surface area contributed by atoms with Gasteiger partial charge in [-0.1, -0.05) is 30.0 Å². The van der Waals surface area contributed by atoms with E-state index < -0.39 is 23.2 Å². The van der Waals surface area contributed by atoms with Crippen LogP contribution >= 0.6 is 23.1 Å². The monoisotopic (exact) mass is 483 g/mol. The Balaban J connectivity index is 1.27. The highest BCUT2D eigenvalue weighted by molar-refractivity contribution is 8.01. The molecule has 0 aliphatic carbocycles. The van der Waals surface area contributed by atoms with E-state index in [1.54, 1.807) is 12.1 Å². The predicted octanol–water partition coefficient (Wildman–Crippen LogP) is 5.04. The number of aromatic nitrogens is 1. The Labute approximate surface area is 195 Å². The lowest BCUT2D eigenvalue weighted by Crippen LogP contribution is -2.19. The summed E-state index contributed by atoms with van der Waals surface area (Å²) in [5, 5.41) is 3.90. The summed E-state index contributed by atoms with van der Waals surface area (Å²) < 4.78 is 34.2. The normalized spacial score (nSPS) is 11.1. The van der Waals surface area contributed by atoms with Gasteiger partial charge in [0.1, 0.15) is 22.9 Å². The van der Waals surface area contributed by atoms with Crippen LogP contribution in [0.3, 0.4) is 0 Å². The molecule has 0 bridgehead atoms. The third-order valence-corrected chi connectivity index (χ3v) is 6.44. The molecule has 0 atom stereocenters. The van der Waals surface area contributed by atoms with Crippen molar-refractivity contribution in [3.63, 3.8) is 0 Å². The van der Waals surface area contributed by atoms with E-state index >= 15 is 0 Å². The average Bonchev–Trinajstić information content (AvgIpc) is 3.22. The fourth-order valence-electron chi connectivity index (χ4n) is 2.72. The van der Waals surface area contributed by atoms with Crippen molar-refractivity contribution in [2.24, 2.45) is 5.10 Å². The smallest absolute Gasteiger partial charge is 0.349 e. The van der Waals surface area contributed by atoms with Crippen molar-refractivity contribution in [3.8, 4) is 5.75 Å². The molecule has 0 aliphatic rings. The second-order valence-electron chi connectivity index (χ2n) is 6.58. The van der Waals surface area contributed by atoms with Crippen molar-refractivity contribution in [2.45, 2.75) is 4.34 Å². The number of hydrazone groups is 1. The van der Waals surface area contributed by atoms with Gasteiger partial charge in [-0.3, -0.25) is 4.79 Å². The van der Waals surface area contributed by atoms with E-state index in [0.29, 0.717) is 5.56 Å². The Morgan fingerprint density at radius 1 is 1.03 bits per heavy atom. The summed E-state index contributed by atoms with van der Waals surface area (Å²) in [5.41, 5.74) is 3.20. The minimum atomic E-state index is -1.13. The van der Waals surface area contributed by atoms with Crippen molar-refractivity contribution < 1.29 is 23.1 Å². The molecule has 3 aromatic carbocycles. The summed E-state index contributed by atoms with van der Waals surface area (Å²) >= 11 is 2.85. The molecule has 4 rings (SSSR count). The van der Waals surface area contributed by atoms with Gasteiger partial charge in [0.25, 0.3) is 5.91 Å².